The molecule has 0 unspecified atom stereocenters. The van der Waals surface area contributed by atoms with Crippen LogP contribution in [-0.2, 0) is 4.43 Å². The van der Waals surface area contributed by atoms with Gasteiger partial charge in [0.25, 0.3) is 0 Å². The molecule has 0 amide bonds. The Morgan fingerprint density at radius 2 is 2.00 bits per heavy atom. The van der Waals surface area contributed by atoms with E-state index in [9.17, 15) is 0 Å². The van der Waals surface area contributed by atoms with Crippen molar-refractivity contribution in [3.8, 4) is 0 Å². The van der Waals surface area contributed by atoms with E-state index in [0.29, 0.717) is 11.1 Å². The van der Waals surface area contributed by atoms with E-state index in [1.807, 2.05) is 0 Å². The second-order valence-electron chi connectivity index (χ2n) is 6.62. The number of likely N-dealkylation sites (tertiary alicyclic amines) is 1. The molecule has 0 aliphatic carbocycles. The quantitative estimate of drug-likeness (QED) is 0.610. The third-order valence-corrected chi connectivity index (χ3v) is 9.32. The highest BCUT2D eigenvalue weighted by molar-refractivity contribution is 7.80. The van der Waals surface area contributed by atoms with Crippen LogP contribution in [0, 0.1) is 0 Å². The van der Waals surface area contributed by atoms with Crippen LogP contribution in [0.1, 0.15) is 33.6 Å². The summed E-state index contributed by atoms with van der Waals surface area (Å²) in [6.07, 6.45) is 2.63. The highest BCUT2D eigenvalue weighted by Gasteiger charge is 2.37. The molecular weight excluding hydrogens is 246 g/mol. The summed E-state index contributed by atoms with van der Waals surface area (Å²) in [7, 11) is -1.55. The van der Waals surface area contributed by atoms with Gasteiger partial charge in [0.1, 0.15) is 0 Å². The molecule has 1 atom stereocenters. The van der Waals surface area contributed by atoms with E-state index in [2.05, 4.69) is 51.4 Å². The summed E-state index contributed by atoms with van der Waals surface area (Å²) in [6, 6.07) is 0.682. The fraction of sp³-hybridized carbons (Fsp3) is 1.00. The molecule has 0 aromatic carbocycles. The van der Waals surface area contributed by atoms with Gasteiger partial charge in [-0.25, -0.2) is 0 Å². The lowest BCUT2D eigenvalue weighted by atomic mass is 10.2. The average Bonchev–Trinajstić information content (AvgIpc) is 2.63. The van der Waals surface area contributed by atoms with Crippen molar-refractivity contribution in [3.05, 3.63) is 0 Å². The van der Waals surface area contributed by atoms with Gasteiger partial charge in [-0.05, 0) is 37.5 Å². The molecule has 17 heavy (non-hydrogen) atoms. The molecule has 102 valence electrons. The van der Waals surface area contributed by atoms with Gasteiger partial charge in [0.15, 0.2) is 8.32 Å². The Kier molecular flexibility index (Phi) is 5.57. The van der Waals surface area contributed by atoms with Gasteiger partial charge < -0.3 is 4.43 Å². The summed E-state index contributed by atoms with van der Waals surface area (Å²) in [5, 5.41) is 0.320. The third-order valence-electron chi connectivity index (χ3n) is 4.36. The molecular formula is C13H29NOSSi. The van der Waals surface area contributed by atoms with Gasteiger partial charge in [0.2, 0.25) is 0 Å². The van der Waals surface area contributed by atoms with E-state index in [4.69, 9.17) is 4.43 Å². The van der Waals surface area contributed by atoms with Crippen molar-refractivity contribution in [1.29, 1.82) is 0 Å². The Bertz CT molecular complexity index is 240. The van der Waals surface area contributed by atoms with E-state index in [0.717, 1.165) is 18.9 Å². The highest BCUT2D eigenvalue weighted by Crippen LogP contribution is 2.36. The van der Waals surface area contributed by atoms with Crippen molar-refractivity contribution in [2.45, 2.75) is 57.8 Å². The van der Waals surface area contributed by atoms with Gasteiger partial charge in [-0.3, -0.25) is 4.90 Å². The highest BCUT2D eigenvalue weighted by atomic mass is 32.1. The normalized spacial score (nSPS) is 23.3. The number of hydrogen-bond donors (Lipinski definition) is 1. The maximum Gasteiger partial charge on any atom is 0.192 e. The summed E-state index contributed by atoms with van der Waals surface area (Å²) in [5.74, 6) is 0.986. The van der Waals surface area contributed by atoms with Gasteiger partial charge in [-0.1, -0.05) is 20.8 Å². The van der Waals surface area contributed by atoms with Crippen molar-refractivity contribution < 1.29 is 4.43 Å². The third kappa shape index (κ3) is 4.26. The van der Waals surface area contributed by atoms with Crippen LogP contribution in [0.4, 0.5) is 0 Å². The predicted molar refractivity (Wildman–Crippen MR) is 81.6 cm³/mol. The zero-order valence-electron chi connectivity index (χ0n) is 12.1. The number of thiol groups is 1. The minimum atomic E-state index is -1.55. The standard InChI is InChI=1S/C13H29NOSSi/c1-13(2,3)17(4,5)15-10-9-14-8-6-7-12(14)11-16/h12,16H,6-11H2,1-5H3/t12-/m0/s1. The van der Waals surface area contributed by atoms with E-state index < -0.39 is 8.32 Å². The lowest BCUT2D eigenvalue weighted by Crippen LogP contribution is -2.43. The summed E-state index contributed by atoms with van der Waals surface area (Å²) < 4.78 is 6.22. The van der Waals surface area contributed by atoms with Crippen LogP contribution in [0.5, 0.6) is 0 Å². The Labute approximate surface area is 114 Å². The van der Waals surface area contributed by atoms with Crippen LogP contribution in [0.2, 0.25) is 18.1 Å². The Balaban J connectivity index is 2.32. The molecule has 0 N–H and O–H groups in total. The maximum absolute atomic E-state index is 6.22. The first-order valence-corrected chi connectivity index (χ1v) is 10.3. The summed E-state index contributed by atoms with van der Waals surface area (Å²) in [4.78, 5) is 2.54. The van der Waals surface area contributed by atoms with Crippen LogP contribution in [0.15, 0.2) is 0 Å². The number of rotatable bonds is 5. The molecule has 0 aromatic heterocycles. The average molecular weight is 276 g/mol. The van der Waals surface area contributed by atoms with Crippen molar-refractivity contribution in [2.24, 2.45) is 0 Å². The van der Waals surface area contributed by atoms with Crippen molar-refractivity contribution >= 4 is 20.9 Å². The summed E-state index contributed by atoms with van der Waals surface area (Å²) in [6.45, 7) is 14.7. The molecule has 0 saturated carbocycles. The molecule has 2 nitrogen and oxygen atoms in total. The molecule has 0 bridgehead atoms. The number of hydrogen-bond acceptors (Lipinski definition) is 3. The summed E-state index contributed by atoms with van der Waals surface area (Å²) >= 11 is 4.43. The fourth-order valence-electron chi connectivity index (χ4n) is 2.03. The van der Waals surface area contributed by atoms with Crippen LogP contribution >= 0.6 is 12.6 Å². The molecule has 0 spiro atoms. The first kappa shape index (κ1) is 15.5. The maximum atomic E-state index is 6.22. The fourth-order valence-corrected chi connectivity index (χ4v) is 3.48. The van der Waals surface area contributed by atoms with E-state index in [1.165, 1.54) is 19.4 Å². The smallest absolute Gasteiger partial charge is 0.192 e. The minimum Gasteiger partial charge on any atom is -0.416 e. The second kappa shape index (κ2) is 6.09. The lowest BCUT2D eigenvalue weighted by molar-refractivity contribution is 0.196. The zero-order chi connectivity index (χ0) is 13.1. The van der Waals surface area contributed by atoms with E-state index >= 15 is 0 Å². The predicted octanol–water partition coefficient (Wildman–Crippen LogP) is 3.40. The molecule has 0 radical (unpaired) electrons. The van der Waals surface area contributed by atoms with Crippen LogP contribution in [0.25, 0.3) is 0 Å². The Hall–Kier alpha value is 0.487. The molecule has 1 aliphatic heterocycles. The second-order valence-corrected chi connectivity index (χ2v) is 11.8. The van der Waals surface area contributed by atoms with Crippen LogP contribution < -0.4 is 0 Å². The Morgan fingerprint density at radius 3 is 2.53 bits per heavy atom. The summed E-state index contributed by atoms with van der Waals surface area (Å²) in [5.41, 5.74) is 0. The SMILES string of the molecule is CC(C)(C)[Si](C)(C)OCCN1CCC[C@H]1CS. The first-order valence-electron chi connectivity index (χ1n) is 6.77. The monoisotopic (exact) mass is 275 g/mol. The van der Waals surface area contributed by atoms with Crippen molar-refractivity contribution in [1.82, 2.24) is 4.90 Å². The Morgan fingerprint density at radius 1 is 1.35 bits per heavy atom. The molecule has 1 fully saturated rings. The van der Waals surface area contributed by atoms with Crippen molar-refractivity contribution in [2.75, 3.05) is 25.4 Å². The molecule has 1 aliphatic rings. The molecule has 1 saturated heterocycles. The van der Waals surface area contributed by atoms with Gasteiger partial charge in [-0.15, -0.1) is 0 Å². The molecule has 1 heterocycles. The largest absolute Gasteiger partial charge is 0.416 e. The van der Waals surface area contributed by atoms with Crippen molar-refractivity contribution in [3.63, 3.8) is 0 Å². The molecule has 0 aromatic rings. The molecule has 4 heteroatoms. The minimum absolute atomic E-state index is 0.320. The number of nitrogens with zero attached hydrogens (tertiary/aromatic N) is 1. The molecule has 1 rings (SSSR count). The van der Waals surface area contributed by atoms with Gasteiger partial charge in [0, 0.05) is 24.9 Å². The lowest BCUT2D eigenvalue weighted by Gasteiger charge is -2.37. The van der Waals surface area contributed by atoms with Crippen LogP contribution in [-0.4, -0.2) is 44.7 Å². The van der Waals surface area contributed by atoms with Crippen LogP contribution in [0.3, 0.4) is 0 Å². The van der Waals surface area contributed by atoms with Gasteiger partial charge >= 0.3 is 0 Å². The van der Waals surface area contributed by atoms with Gasteiger partial charge in [0.05, 0.1) is 0 Å². The van der Waals surface area contributed by atoms with E-state index in [-0.39, 0.29) is 0 Å². The van der Waals surface area contributed by atoms with E-state index in [1.54, 1.807) is 0 Å². The topological polar surface area (TPSA) is 12.5 Å². The zero-order valence-corrected chi connectivity index (χ0v) is 14.0. The first-order chi connectivity index (χ1) is 7.78. The van der Waals surface area contributed by atoms with Gasteiger partial charge in [-0.2, -0.15) is 12.6 Å².